The molecule has 0 aromatic carbocycles. The molecule has 96 valence electrons. The molecule has 1 aliphatic heterocycles. The molecule has 6 nitrogen and oxygen atoms in total. The number of hydrogen-bond acceptors (Lipinski definition) is 5. The summed E-state index contributed by atoms with van der Waals surface area (Å²) in [5.41, 5.74) is 2.54. The predicted octanol–water partition coefficient (Wildman–Crippen LogP) is 0.910. The van der Waals surface area contributed by atoms with Crippen molar-refractivity contribution in [3.8, 4) is 6.07 Å². The highest BCUT2D eigenvalue weighted by molar-refractivity contribution is 5.22. The Morgan fingerprint density at radius 2 is 2.16 bits per heavy atom. The van der Waals surface area contributed by atoms with Crippen LogP contribution in [0.3, 0.4) is 0 Å². The zero-order valence-electron chi connectivity index (χ0n) is 10.7. The maximum Gasteiger partial charge on any atom is 0.102 e. The molecule has 1 aliphatic rings. The van der Waals surface area contributed by atoms with E-state index >= 15 is 0 Å². The second kappa shape index (κ2) is 4.78. The molecule has 1 saturated heterocycles. The fourth-order valence-electron chi connectivity index (χ4n) is 2.16. The lowest BCUT2D eigenvalue weighted by molar-refractivity contribution is 0.0894. The van der Waals surface area contributed by atoms with Gasteiger partial charge in [-0.15, -0.1) is 0 Å². The van der Waals surface area contributed by atoms with E-state index in [1.54, 1.807) is 18.6 Å². The van der Waals surface area contributed by atoms with Crippen LogP contribution in [0.2, 0.25) is 0 Å². The van der Waals surface area contributed by atoms with Crippen molar-refractivity contribution < 1.29 is 0 Å². The van der Waals surface area contributed by atoms with Crippen molar-refractivity contribution in [1.82, 2.24) is 24.6 Å². The molecule has 0 unspecified atom stereocenters. The van der Waals surface area contributed by atoms with Gasteiger partial charge in [-0.05, 0) is 6.92 Å². The molecular weight excluding hydrogens is 240 g/mol. The average molecular weight is 254 g/mol. The zero-order chi connectivity index (χ0) is 13.2. The van der Waals surface area contributed by atoms with E-state index in [1.807, 2.05) is 17.8 Å². The number of nitriles is 1. The third-order valence-electron chi connectivity index (χ3n) is 3.26. The predicted molar refractivity (Wildman–Crippen MR) is 68.0 cm³/mol. The molecular formula is C13H14N6. The van der Waals surface area contributed by atoms with Crippen molar-refractivity contribution in [2.75, 3.05) is 13.1 Å². The third-order valence-corrected chi connectivity index (χ3v) is 3.26. The Balaban J connectivity index is 1.55. The van der Waals surface area contributed by atoms with E-state index in [4.69, 9.17) is 5.26 Å². The van der Waals surface area contributed by atoms with Gasteiger partial charge in [0, 0.05) is 38.2 Å². The van der Waals surface area contributed by atoms with Crippen LogP contribution in [-0.2, 0) is 6.54 Å². The molecule has 0 atom stereocenters. The van der Waals surface area contributed by atoms with Crippen LogP contribution in [0.1, 0.15) is 23.0 Å². The van der Waals surface area contributed by atoms with Crippen LogP contribution in [0.15, 0.2) is 24.8 Å². The van der Waals surface area contributed by atoms with Crippen molar-refractivity contribution in [2.24, 2.45) is 0 Å². The first kappa shape index (κ1) is 11.8. The van der Waals surface area contributed by atoms with Crippen LogP contribution in [0.4, 0.5) is 0 Å². The van der Waals surface area contributed by atoms with E-state index in [9.17, 15) is 0 Å². The molecule has 3 heterocycles. The Morgan fingerprint density at radius 3 is 2.79 bits per heavy atom. The number of nitrogens with zero attached hydrogens (tertiary/aromatic N) is 6. The second-order valence-corrected chi connectivity index (χ2v) is 4.82. The molecule has 2 aromatic rings. The minimum absolute atomic E-state index is 0.362. The summed E-state index contributed by atoms with van der Waals surface area (Å²) < 4.78 is 1.87. The smallest absolute Gasteiger partial charge is 0.102 e. The molecule has 1 fully saturated rings. The van der Waals surface area contributed by atoms with Gasteiger partial charge in [0.15, 0.2) is 0 Å². The Morgan fingerprint density at radius 1 is 1.32 bits per heavy atom. The van der Waals surface area contributed by atoms with Gasteiger partial charge in [-0.25, -0.2) is 0 Å². The SMILES string of the molecule is Cc1cnc(CN2CC(n3cc(C#N)cn3)C2)cn1. The van der Waals surface area contributed by atoms with Gasteiger partial charge in [-0.1, -0.05) is 0 Å². The summed E-state index contributed by atoms with van der Waals surface area (Å²) in [6, 6.07) is 2.45. The Kier molecular flexibility index (Phi) is 2.97. The number of rotatable bonds is 3. The van der Waals surface area contributed by atoms with Crippen LogP contribution < -0.4 is 0 Å². The maximum atomic E-state index is 8.76. The molecule has 3 rings (SSSR count). The molecule has 0 amide bonds. The summed E-state index contributed by atoms with van der Waals surface area (Å²) in [7, 11) is 0. The van der Waals surface area contributed by atoms with Gasteiger partial charge in [0.25, 0.3) is 0 Å². The van der Waals surface area contributed by atoms with Gasteiger partial charge in [-0.2, -0.15) is 10.4 Å². The van der Waals surface area contributed by atoms with Crippen molar-refractivity contribution in [3.63, 3.8) is 0 Å². The summed E-state index contributed by atoms with van der Waals surface area (Å²) in [6.07, 6.45) is 7.02. The number of hydrogen-bond donors (Lipinski definition) is 0. The summed E-state index contributed by atoms with van der Waals surface area (Å²) in [6.45, 7) is 4.61. The highest BCUT2D eigenvalue weighted by Crippen LogP contribution is 2.22. The molecule has 6 heteroatoms. The first-order chi connectivity index (χ1) is 9.24. The Bertz CT molecular complexity index is 603. The van der Waals surface area contributed by atoms with E-state index in [-0.39, 0.29) is 0 Å². The lowest BCUT2D eigenvalue weighted by atomic mass is 10.1. The van der Waals surface area contributed by atoms with E-state index in [0.717, 1.165) is 31.0 Å². The highest BCUT2D eigenvalue weighted by Gasteiger charge is 2.28. The van der Waals surface area contributed by atoms with Crippen LogP contribution in [-0.4, -0.2) is 37.7 Å². The maximum absolute atomic E-state index is 8.76. The summed E-state index contributed by atoms with van der Waals surface area (Å²) >= 11 is 0. The number of aryl methyl sites for hydroxylation is 1. The normalized spacial score (nSPS) is 16.0. The van der Waals surface area contributed by atoms with Crippen LogP contribution in [0.25, 0.3) is 0 Å². The van der Waals surface area contributed by atoms with E-state index in [2.05, 4.69) is 26.0 Å². The standard InChI is InChI=1S/C13H14N6/c1-10-3-16-12(5-15-10)7-18-8-13(9-18)19-6-11(2-14)4-17-19/h3-6,13H,7-9H2,1H3. The second-order valence-electron chi connectivity index (χ2n) is 4.82. The fourth-order valence-corrected chi connectivity index (χ4v) is 2.16. The lowest BCUT2D eigenvalue weighted by Crippen LogP contribution is -2.47. The quantitative estimate of drug-likeness (QED) is 0.814. The first-order valence-electron chi connectivity index (χ1n) is 6.19. The molecule has 0 aliphatic carbocycles. The van der Waals surface area contributed by atoms with Gasteiger partial charge in [0.05, 0.1) is 29.2 Å². The molecule has 19 heavy (non-hydrogen) atoms. The third kappa shape index (κ3) is 2.46. The van der Waals surface area contributed by atoms with E-state index < -0.39 is 0 Å². The van der Waals surface area contributed by atoms with Gasteiger partial charge in [0.1, 0.15) is 6.07 Å². The molecule has 0 spiro atoms. The minimum Gasteiger partial charge on any atom is -0.293 e. The fraction of sp³-hybridized carbons (Fsp3) is 0.385. The number of aromatic nitrogens is 4. The Hall–Kier alpha value is -2.26. The molecule has 0 radical (unpaired) electrons. The average Bonchev–Trinajstić information content (AvgIpc) is 2.84. The minimum atomic E-state index is 0.362. The molecule has 0 saturated carbocycles. The Labute approximate surface area is 111 Å². The molecule has 2 aromatic heterocycles. The van der Waals surface area contributed by atoms with Gasteiger partial charge in [-0.3, -0.25) is 19.5 Å². The van der Waals surface area contributed by atoms with Crippen molar-refractivity contribution in [1.29, 1.82) is 5.26 Å². The zero-order valence-corrected chi connectivity index (χ0v) is 10.7. The summed E-state index contributed by atoms with van der Waals surface area (Å²) in [4.78, 5) is 10.9. The van der Waals surface area contributed by atoms with Crippen molar-refractivity contribution >= 4 is 0 Å². The van der Waals surface area contributed by atoms with E-state index in [0.29, 0.717) is 11.6 Å². The largest absolute Gasteiger partial charge is 0.293 e. The van der Waals surface area contributed by atoms with Gasteiger partial charge in [0.2, 0.25) is 0 Å². The molecule has 0 N–H and O–H groups in total. The van der Waals surface area contributed by atoms with E-state index in [1.165, 1.54) is 0 Å². The van der Waals surface area contributed by atoms with Crippen molar-refractivity contribution in [2.45, 2.75) is 19.5 Å². The topological polar surface area (TPSA) is 70.6 Å². The van der Waals surface area contributed by atoms with Crippen LogP contribution >= 0.6 is 0 Å². The summed E-state index contributed by atoms with van der Waals surface area (Å²) in [5, 5.41) is 13.0. The van der Waals surface area contributed by atoms with Crippen LogP contribution in [0, 0.1) is 18.3 Å². The van der Waals surface area contributed by atoms with Crippen molar-refractivity contribution in [3.05, 3.63) is 41.7 Å². The number of likely N-dealkylation sites (tertiary alicyclic amines) is 1. The highest BCUT2D eigenvalue weighted by atomic mass is 15.4. The first-order valence-corrected chi connectivity index (χ1v) is 6.19. The van der Waals surface area contributed by atoms with Gasteiger partial charge >= 0.3 is 0 Å². The van der Waals surface area contributed by atoms with Gasteiger partial charge < -0.3 is 0 Å². The summed E-state index contributed by atoms with van der Waals surface area (Å²) in [5.74, 6) is 0. The molecule has 0 bridgehead atoms. The monoisotopic (exact) mass is 254 g/mol. The lowest BCUT2D eigenvalue weighted by Gasteiger charge is -2.38. The van der Waals surface area contributed by atoms with Crippen LogP contribution in [0.5, 0.6) is 0 Å².